The molecule has 2 aliphatic heterocycles. The van der Waals surface area contributed by atoms with Crippen molar-refractivity contribution in [2.24, 2.45) is 10.9 Å². The van der Waals surface area contributed by atoms with E-state index >= 15 is 0 Å². The topological polar surface area (TPSA) is 47.0 Å². The SMILES string of the molecule is CN=C(NCc1cc(N(C)C)nc2ccccc12)N1CCC(CN2CCCCC2)C1. The van der Waals surface area contributed by atoms with Crippen molar-refractivity contribution >= 4 is 22.7 Å². The molecule has 2 saturated heterocycles. The maximum atomic E-state index is 4.78. The molecular formula is C24H36N6. The van der Waals surface area contributed by atoms with Crippen LogP contribution in [0.5, 0.6) is 0 Å². The molecular weight excluding hydrogens is 372 g/mol. The number of rotatable bonds is 5. The Morgan fingerprint density at radius 2 is 1.97 bits per heavy atom. The van der Waals surface area contributed by atoms with Crippen molar-refractivity contribution in [2.45, 2.75) is 32.2 Å². The van der Waals surface area contributed by atoms with Gasteiger partial charge in [-0.05, 0) is 56.0 Å². The van der Waals surface area contributed by atoms with Gasteiger partial charge >= 0.3 is 0 Å². The number of aromatic nitrogens is 1. The molecule has 30 heavy (non-hydrogen) atoms. The summed E-state index contributed by atoms with van der Waals surface area (Å²) >= 11 is 0. The van der Waals surface area contributed by atoms with Crippen LogP contribution < -0.4 is 10.2 Å². The summed E-state index contributed by atoms with van der Waals surface area (Å²) in [5, 5.41) is 4.83. The number of nitrogens with zero attached hydrogens (tertiary/aromatic N) is 5. The number of piperidine rings is 1. The van der Waals surface area contributed by atoms with Crippen LogP contribution in [-0.2, 0) is 6.54 Å². The second kappa shape index (κ2) is 9.65. The molecule has 0 amide bonds. The molecule has 1 atom stereocenters. The van der Waals surface area contributed by atoms with Gasteiger partial charge in [-0.15, -0.1) is 0 Å². The number of benzene rings is 1. The molecule has 0 spiro atoms. The Labute approximate surface area is 181 Å². The Kier molecular flexibility index (Phi) is 6.72. The fraction of sp³-hybridized carbons (Fsp3) is 0.583. The number of hydrogen-bond acceptors (Lipinski definition) is 4. The van der Waals surface area contributed by atoms with Gasteiger partial charge in [0.05, 0.1) is 5.52 Å². The highest BCUT2D eigenvalue weighted by atomic mass is 15.3. The lowest BCUT2D eigenvalue weighted by molar-refractivity contribution is 0.198. The third-order valence-electron chi connectivity index (χ3n) is 6.45. The number of pyridine rings is 1. The molecule has 0 radical (unpaired) electrons. The van der Waals surface area contributed by atoms with E-state index in [9.17, 15) is 0 Å². The molecule has 0 saturated carbocycles. The molecule has 1 aromatic carbocycles. The van der Waals surface area contributed by atoms with E-state index < -0.39 is 0 Å². The van der Waals surface area contributed by atoms with E-state index in [2.05, 4.69) is 55.3 Å². The lowest BCUT2D eigenvalue weighted by Crippen LogP contribution is -2.41. The lowest BCUT2D eigenvalue weighted by Gasteiger charge is -2.29. The molecule has 0 aliphatic carbocycles. The van der Waals surface area contributed by atoms with Crippen molar-refractivity contribution in [3.63, 3.8) is 0 Å². The van der Waals surface area contributed by atoms with Gasteiger partial charge in [-0.25, -0.2) is 4.98 Å². The van der Waals surface area contributed by atoms with E-state index in [-0.39, 0.29) is 0 Å². The molecule has 6 nitrogen and oxygen atoms in total. The Morgan fingerprint density at radius 3 is 2.73 bits per heavy atom. The number of aliphatic imine (C=N–C) groups is 1. The van der Waals surface area contributed by atoms with Crippen LogP contribution in [0.3, 0.4) is 0 Å². The van der Waals surface area contributed by atoms with Crippen LogP contribution in [0.2, 0.25) is 0 Å². The van der Waals surface area contributed by atoms with E-state index in [0.717, 1.165) is 42.8 Å². The molecule has 162 valence electrons. The second-order valence-electron chi connectivity index (χ2n) is 8.91. The van der Waals surface area contributed by atoms with Crippen molar-refractivity contribution in [1.82, 2.24) is 20.1 Å². The Morgan fingerprint density at radius 1 is 1.17 bits per heavy atom. The third kappa shape index (κ3) is 4.86. The molecule has 4 rings (SSSR count). The predicted octanol–water partition coefficient (Wildman–Crippen LogP) is 3.18. The normalized spacial score (nSPS) is 20.7. The van der Waals surface area contributed by atoms with Gasteiger partial charge in [-0.3, -0.25) is 4.99 Å². The first kappa shape index (κ1) is 20.9. The van der Waals surface area contributed by atoms with Crippen LogP contribution in [0.1, 0.15) is 31.2 Å². The number of nitrogens with one attached hydrogen (secondary N) is 1. The third-order valence-corrected chi connectivity index (χ3v) is 6.45. The number of para-hydroxylation sites is 1. The molecule has 2 aromatic rings. The van der Waals surface area contributed by atoms with Gasteiger partial charge in [0.2, 0.25) is 0 Å². The van der Waals surface area contributed by atoms with Gasteiger partial charge in [0.25, 0.3) is 0 Å². The summed E-state index contributed by atoms with van der Waals surface area (Å²) in [7, 11) is 5.98. The number of likely N-dealkylation sites (tertiary alicyclic amines) is 2. The Hall–Kier alpha value is -2.34. The number of guanidine groups is 1. The first-order chi connectivity index (χ1) is 14.6. The molecule has 2 fully saturated rings. The number of anilines is 1. The van der Waals surface area contributed by atoms with Gasteiger partial charge in [0.15, 0.2) is 5.96 Å². The minimum absolute atomic E-state index is 0.753. The maximum absolute atomic E-state index is 4.78. The molecule has 1 aromatic heterocycles. The fourth-order valence-corrected chi connectivity index (χ4v) is 4.80. The molecule has 1 unspecified atom stereocenters. The van der Waals surface area contributed by atoms with E-state index in [1.54, 1.807) is 0 Å². The zero-order valence-corrected chi connectivity index (χ0v) is 18.8. The molecule has 2 aliphatic rings. The van der Waals surface area contributed by atoms with E-state index in [1.165, 1.54) is 56.3 Å². The van der Waals surface area contributed by atoms with Gasteiger partial charge in [0.1, 0.15) is 5.82 Å². The Balaban J connectivity index is 1.40. The van der Waals surface area contributed by atoms with Crippen molar-refractivity contribution in [3.05, 3.63) is 35.9 Å². The van der Waals surface area contributed by atoms with Crippen LogP contribution >= 0.6 is 0 Å². The zero-order valence-electron chi connectivity index (χ0n) is 18.8. The van der Waals surface area contributed by atoms with Crippen LogP contribution in [0.4, 0.5) is 5.82 Å². The largest absolute Gasteiger partial charge is 0.363 e. The van der Waals surface area contributed by atoms with Crippen LogP contribution in [0.25, 0.3) is 10.9 Å². The van der Waals surface area contributed by atoms with Crippen molar-refractivity contribution in [3.8, 4) is 0 Å². The minimum Gasteiger partial charge on any atom is -0.363 e. The molecule has 3 heterocycles. The van der Waals surface area contributed by atoms with Crippen LogP contribution in [0.15, 0.2) is 35.3 Å². The van der Waals surface area contributed by atoms with Crippen LogP contribution in [0, 0.1) is 5.92 Å². The summed E-state index contributed by atoms with van der Waals surface area (Å²) in [6.07, 6.45) is 5.41. The highest BCUT2D eigenvalue weighted by Gasteiger charge is 2.27. The first-order valence-corrected chi connectivity index (χ1v) is 11.4. The lowest BCUT2D eigenvalue weighted by atomic mass is 10.1. The number of hydrogen-bond donors (Lipinski definition) is 1. The van der Waals surface area contributed by atoms with E-state index in [0.29, 0.717) is 0 Å². The fourth-order valence-electron chi connectivity index (χ4n) is 4.80. The zero-order chi connectivity index (χ0) is 20.9. The second-order valence-corrected chi connectivity index (χ2v) is 8.91. The van der Waals surface area contributed by atoms with Gasteiger partial charge in [-0.2, -0.15) is 0 Å². The van der Waals surface area contributed by atoms with Crippen molar-refractivity contribution in [1.29, 1.82) is 0 Å². The summed E-state index contributed by atoms with van der Waals surface area (Å²) in [5.41, 5.74) is 2.30. The summed E-state index contributed by atoms with van der Waals surface area (Å²) < 4.78 is 0. The molecule has 1 N–H and O–H groups in total. The highest BCUT2D eigenvalue weighted by molar-refractivity contribution is 5.85. The smallest absolute Gasteiger partial charge is 0.193 e. The minimum atomic E-state index is 0.753. The van der Waals surface area contributed by atoms with Crippen LogP contribution in [-0.4, -0.2) is 74.6 Å². The summed E-state index contributed by atoms with van der Waals surface area (Å²) in [5.74, 6) is 2.76. The van der Waals surface area contributed by atoms with Gasteiger partial charge in [0, 0.05) is 52.7 Å². The van der Waals surface area contributed by atoms with Gasteiger partial charge < -0.3 is 20.0 Å². The number of fused-ring (bicyclic) bond motifs is 1. The standard InChI is InChI=1S/C24H36N6/c1-25-24(30-14-11-19(18-30)17-29-12-7-4-8-13-29)26-16-20-15-23(28(2)3)27-22-10-6-5-9-21(20)22/h5-6,9-10,15,19H,4,7-8,11-14,16-18H2,1-3H3,(H,25,26). The van der Waals surface area contributed by atoms with E-state index in [1.807, 2.05) is 21.1 Å². The van der Waals surface area contributed by atoms with E-state index in [4.69, 9.17) is 4.98 Å². The summed E-state index contributed by atoms with van der Waals surface area (Å²) in [6, 6.07) is 10.6. The molecule has 6 heteroatoms. The average Bonchev–Trinajstić information content (AvgIpc) is 3.22. The summed E-state index contributed by atoms with van der Waals surface area (Å²) in [6.45, 7) is 6.77. The first-order valence-electron chi connectivity index (χ1n) is 11.4. The maximum Gasteiger partial charge on any atom is 0.193 e. The monoisotopic (exact) mass is 408 g/mol. The predicted molar refractivity (Wildman–Crippen MR) is 126 cm³/mol. The summed E-state index contributed by atoms with van der Waals surface area (Å²) in [4.78, 5) is 16.5. The van der Waals surface area contributed by atoms with Gasteiger partial charge in [-0.1, -0.05) is 24.6 Å². The van der Waals surface area contributed by atoms with Crippen molar-refractivity contribution in [2.75, 3.05) is 58.8 Å². The quantitative estimate of drug-likeness (QED) is 0.608. The highest BCUT2D eigenvalue weighted by Crippen LogP contribution is 2.23. The van der Waals surface area contributed by atoms with Crippen molar-refractivity contribution < 1.29 is 0 Å². The Bertz CT molecular complexity index is 871. The average molecular weight is 409 g/mol. The molecule has 0 bridgehead atoms.